The van der Waals surface area contributed by atoms with Gasteiger partial charge in [0.1, 0.15) is 0 Å². The van der Waals surface area contributed by atoms with Crippen LogP contribution in [-0.2, 0) is 4.79 Å². The van der Waals surface area contributed by atoms with Crippen molar-refractivity contribution < 1.29 is 18.0 Å². The minimum absolute atomic E-state index is 0.242. The van der Waals surface area contributed by atoms with Gasteiger partial charge in [0.15, 0.2) is 5.54 Å². The normalized spacial score (nSPS) is 15.1. The largest absolute Gasteiger partial charge is 0.415 e. The van der Waals surface area contributed by atoms with Gasteiger partial charge in [-0.25, -0.2) is 0 Å². The van der Waals surface area contributed by atoms with E-state index in [0.717, 1.165) is 5.56 Å². The zero-order chi connectivity index (χ0) is 14.1. The minimum Gasteiger partial charge on any atom is -0.323 e. The Hall–Kier alpha value is -1.08. The van der Waals surface area contributed by atoms with Crippen LogP contribution < -0.4 is 11.1 Å². The van der Waals surface area contributed by atoms with Crippen molar-refractivity contribution in [1.82, 2.24) is 0 Å². The number of carbonyl (C=O) groups excluding carboxylic acids is 1. The molecule has 1 rings (SSSR count). The number of halogens is 4. The van der Waals surface area contributed by atoms with E-state index in [2.05, 4.69) is 21.2 Å². The van der Waals surface area contributed by atoms with Crippen LogP contribution in [0.15, 0.2) is 22.7 Å². The van der Waals surface area contributed by atoms with Crippen molar-refractivity contribution >= 4 is 27.5 Å². The van der Waals surface area contributed by atoms with Gasteiger partial charge in [0, 0.05) is 4.47 Å². The van der Waals surface area contributed by atoms with Crippen molar-refractivity contribution in [2.45, 2.75) is 25.6 Å². The van der Waals surface area contributed by atoms with Gasteiger partial charge >= 0.3 is 6.18 Å². The van der Waals surface area contributed by atoms with Crippen LogP contribution in [0, 0.1) is 6.92 Å². The van der Waals surface area contributed by atoms with Gasteiger partial charge in [-0.05, 0) is 47.5 Å². The molecular weight excluding hydrogens is 313 g/mol. The molecule has 0 spiro atoms. The number of nitrogens with one attached hydrogen (secondary N) is 1. The number of alkyl halides is 3. The van der Waals surface area contributed by atoms with E-state index in [1.807, 2.05) is 6.92 Å². The molecule has 3 nitrogen and oxygen atoms in total. The minimum atomic E-state index is -4.81. The van der Waals surface area contributed by atoms with Crippen LogP contribution >= 0.6 is 15.9 Å². The average molecular weight is 325 g/mol. The Morgan fingerprint density at radius 2 is 1.94 bits per heavy atom. The summed E-state index contributed by atoms with van der Waals surface area (Å²) < 4.78 is 38.2. The molecule has 1 atom stereocenters. The van der Waals surface area contributed by atoms with Gasteiger partial charge in [0.25, 0.3) is 5.91 Å². The summed E-state index contributed by atoms with van der Waals surface area (Å²) in [4.78, 5) is 11.5. The van der Waals surface area contributed by atoms with Gasteiger partial charge in [-0.3, -0.25) is 4.79 Å². The van der Waals surface area contributed by atoms with Crippen molar-refractivity contribution in [3.05, 3.63) is 28.2 Å². The van der Waals surface area contributed by atoms with Crippen molar-refractivity contribution in [2.75, 3.05) is 5.32 Å². The summed E-state index contributed by atoms with van der Waals surface area (Å²) in [6.45, 7) is 2.45. The molecule has 100 valence electrons. The second-order valence-electron chi connectivity index (χ2n) is 4.14. The van der Waals surface area contributed by atoms with Gasteiger partial charge in [-0.15, -0.1) is 0 Å². The van der Waals surface area contributed by atoms with Crippen LogP contribution in [-0.4, -0.2) is 17.6 Å². The summed E-state index contributed by atoms with van der Waals surface area (Å²) in [6.07, 6.45) is -4.81. The second-order valence-corrected chi connectivity index (χ2v) is 4.99. The lowest BCUT2D eigenvalue weighted by Gasteiger charge is -2.26. The third kappa shape index (κ3) is 3.02. The zero-order valence-corrected chi connectivity index (χ0v) is 11.3. The molecule has 1 aromatic rings. The van der Waals surface area contributed by atoms with E-state index < -0.39 is 17.6 Å². The average Bonchev–Trinajstić information content (AvgIpc) is 2.20. The Balaban J connectivity index is 2.95. The molecule has 0 bridgehead atoms. The highest BCUT2D eigenvalue weighted by Gasteiger charge is 2.54. The number of benzene rings is 1. The Labute approximate surface area is 111 Å². The summed E-state index contributed by atoms with van der Waals surface area (Å²) in [5.74, 6) is -1.31. The van der Waals surface area contributed by atoms with Crippen LogP contribution in [0.5, 0.6) is 0 Å². The molecule has 0 aliphatic carbocycles. The summed E-state index contributed by atoms with van der Waals surface area (Å²) in [6, 6.07) is 4.85. The molecule has 7 heteroatoms. The molecule has 0 heterocycles. The van der Waals surface area contributed by atoms with E-state index in [4.69, 9.17) is 5.73 Å². The quantitative estimate of drug-likeness (QED) is 0.878. The highest BCUT2D eigenvalue weighted by Crippen LogP contribution is 2.30. The molecule has 0 saturated carbocycles. The summed E-state index contributed by atoms with van der Waals surface area (Å²) >= 11 is 3.16. The maximum atomic E-state index is 12.6. The molecule has 1 unspecified atom stereocenters. The fourth-order valence-corrected chi connectivity index (χ4v) is 1.69. The molecule has 0 aromatic heterocycles. The van der Waals surface area contributed by atoms with Crippen LogP contribution in [0.4, 0.5) is 18.9 Å². The topological polar surface area (TPSA) is 55.1 Å². The molecule has 0 saturated heterocycles. The third-order valence-electron chi connectivity index (χ3n) is 2.43. The smallest absolute Gasteiger partial charge is 0.323 e. The Morgan fingerprint density at radius 3 is 2.39 bits per heavy atom. The predicted octanol–water partition coefficient (Wildman–Crippen LogP) is 2.98. The lowest BCUT2D eigenvalue weighted by atomic mass is 10.0. The maximum Gasteiger partial charge on any atom is 0.415 e. The number of rotatable bonds is 2. The maximum absolute atomic E-state index is 12.6. The number of nitrogens with two attached hydrogens (primary N) is 1. The Bertz CT molecular complexity index is 472. The fraction of sp³-hybridized carbons (Fsp3) is 0.364. The second kappa shape index (κ2) is 4.89. The first kappa shape index (κ1) is 15.0. The van der Waals surface area contributed by atoms with E-state index in [9.17, 15) is 18.0 Å². The van der Waals surface area contributed by atoms with Gasteiger partial charge in [-0.1, -0.05) is 6.07 Å². The lowest BCUT2D eigenvalue weighted by Crippen LogP contribution is -2.59. The monoisotopic (exact) mass is 324 g/mol. The molecule has 1 aromatic carbocycles. The molecule has 0 aliphatic heterocycles. The number of amides is 1. The molecular formula is C11H12BrF3N2O. The number of carbonyl (C=O) groups is 1. The first-order chi connectivity index (χ1) is 8.05. The first-order valence-corrected chi connectivity index (χ1v) is 5.78. The van der Waals surface area contributed by atoms with Gasteiger partial charge in [0.05, 0.1) is 5.69 Å². The number of anilines is 1. The molecule has 3 N–H and O–H groups in total. The van der Waals surface area contributed by atoms with Crippen LogP contribution in [0.1, 0.15) is 12.5 Å². The zero-order valence-electron chi connectivity index (χ0n) is 9.73. The van der Waals surface area contributed by atoms with Crippen molar-refractivity contribution in [3.63, 3.8) is 0 Å². The van der Waals surface area contributed by atoms with E-state index in [1.54, 1.807) is 12.1 Å². The van der Waals surface area contributed by atoms with E-state index in [1.165, 1.54) is 6.07 Å². The van der Waals surface area contributed by atoms with E-state index in [-0.39, 0.29) is 5.69 Å². The standard InChI is InChI=1S/C11H12BrF3N2O/c1-6-3-4-8(7(12)5-6)17-9(18)10(2,16)11(13,14)15/h3-5H,16H2,1-2H3,(H,17,18). The number of aryl methyl sites for hydroxylation is 1. The Kier molecular flexibility index (Phi) is 4.07. The van der Waals surface area contributed by atoms with Crippen LogP contribution in [0.25, 0.3) is 0 Å². The highest BCUT2D eigenvalue weighted by atomic mass is 79.9. The van der Waals surface area contributed by atoms with Crippen molar-refractivity contribution in [3.8, 4) is 0 Å². The van der Waals surface area contributed by atoms with E-state index >= 15 is 0 Å². The molecule has 1 amide bonds. The van der Waals surface area contributed by atoms with Crippen LogP contribution in [0.2, 0.25) is 0 Å². The molecule has 0 radical (unpaired) electrons. The Morgan fingerprint density at radius 1 is 1.39 bits per heavy atom. The van der Waals surface area contributed by atoms with Gasteiger partial charge < -0.3 is 11.1 Å². The fourth-order valence-electron chi connectivity index (χ4n) is 1.10. The third-order valence-corrected chi connectivity index (χ3v) is 3.09. The molecule has 18 heavy (non-hydrogen) atoms. The summed E-state index contributed by atoms with van der Waals surface area (Å²) in [5, 5.41) is 2.15. The van der Waals surface area contributed by atoms with E-state index in [0.29, 0.717) is 11.4 Å². The molecule has 0 fully saturated rings. The predicted molar refractivity (Wildman–Crippen MR) is 66.2 cm³/mol. The molecule has 0 aliphatic rings. The first-order valence-electron chi connectivity index (χ1n) is 4.99. The summed E-state index contributed by atoms with van der Waals surface area (Å²) in [5.41, 5.74) is 3.23. The van der Waals surface area contributed by atoms with Crippen molar-refractivity contribution in [1.29, 1.82) is 0 Å². The van der Waals surface area contributed by atoms with Crippen molar-refractivity contribution in [2.24, 2.45) is 5.73 Å². The summed E-state index contributed by atoms with van der Waals surface area (Å²) in [7, 11) is 0. The van der Waals surface area contributed by atoms with Crippen LogP contribution in [0.3, 0.4) is 0 Å². The number of hydrogen-bond acceptors (Lipinski definition) is 2. The highest BCUT2D eigenvalue weighted by molar-refractivity contribution is 9.10. The van der Waals surface area contributed by atoms with Gasteiger partial charge in [0.2, 0.25) is 0 Å². The van der Waals surface area contributed by atoms with Gasteiger partial charge in [-0.2, -0.15) is 13.2 Å². The number of hydrogen-bond donors (Lipinski definition) is 2. The lowest BCUT2D eigenvalue weighted by molar-refractivity contribution is -0.184. The SMILES string of the molecule is Cc1ccc(NC(=O)C(C)(N)C(F)(F)F)c(Br)c1.